The Morgan fingerprint density at radius 1 is 0.968 bits per heavy atom. The zero-order chi connectivity index (χ0) is 22.4. The fraction of sp³-hybridized carbons (Fsp3) is 0.174. The van der Waals surface area contributed by atoms with Gasteiger partial charge in [0, 0.05) is 5.56 Å². The van der Waals surface area contributed by atoms with Crippen LogP contribution in [0, 0.1) is 12.7 Å². The zero-order valence-electron chi connectivity index (χ0n) is 16.9. The normalized spacial score (nSPS) is 10.4. The molecule has 6 nitrogen and oxygen atoms in total. The van der Waals surface area contributed by atoms with E-state index in [1.807, 2.05) is 30.3 Å². The maximum atomic E-state index is 13.1. The summed E-state index contributed by atoms with van der Waals surface area (Å²) in [5.41, 5.74) is 1.47. The second-order valence-electron chi connectivity index (χ2n) is 6.50. The zero-order valence-corrected chi connectivity index (χ0v) is 17.8. The summed E-state index contributed by atoms with van der Waals surface area (Å²) in [5.74, 6) is -2.29. The molecule has 3 rings (SSSR count). The minimum atomic E-state index is -0.659. The quantitative estimate of drug-likeness (QED) is 0.523. The lowest BCUT2D eigenvalue weighted by Crippen LogP contribution is -2.15. The van der Waals surface area contributed by atoms with E-state index >= 15 is 0 Å². The predicted octanol–water partition coefficient (Wildman–Crippen LogP) is 4.98. The highest BCUT2D eigenvalue weighted by atomic mass is 32.1. The lowest BCUT2D eigenvalue weighted by atomic mass is 10.1. The van der Waals surface area contributed by atoms with Crippen molar-refractivity contribution in [2.45, 2.75) is 20.5 Å². The van der Waals surface area contributed by atoms with Crippen LogP contribution >= 0.6 is 11.3 Å². The van der Waals surface area contributed by atoms with Crippen molar-refractivity contribution in [3.05, 3.63) is 87.5 Å². The van der Waals surface area contributed by atoms with Crippen molar-refractivity contribution in [3.8, 4) is 0 Å². The molecular formula is C23H20FNO5S. The number of esters is 2. The molecule has 31 heavy (non-hydrogen) atoms. The Balaban J connectivity index is 1.86. The van der Waals surface area contributed by atoms with E-state index in [0.717, 1.165) is 29.0 Å². The number of thiophene rings is 1. The molecule has 0 atom stereocenters. The minimum Gasteiger partial charge on any atom is -0.462 e. The predicted molar refractivity (Wildman–Crippen MR) is 115 cm³/mol. The molecule has 3 aromatic rings. The van der Waals surface area contributed by atoms with Crippen LogP contribution in [0.4, 0.5) is 9.39 Å². The van der Waals surface area contributed by atoms with Crippen molar-refractivity contribution in [2.24, 2.45) is 0 Å². The van der Waals surface area contributed by atoms with Gasteiger partial charge >= 0.3 is 11.9 Å². The Labute approximate surface area is 182 Å². The number of amides is 1. The molecule has 1 heterocycles. The van der Waals surface area contributed by atoms with Gasteiger partial charge in [0.1, 0.15) is 22.3 Å². The summed E-state index contributed by atoms with van der Waals surface area (Å²) in [6.07, 6.45) is 0. The van der Waals surface area contributed by atoms with Gasteiger partial charge in [0.15, 0.2) is 0 Å². The summed E-state index contributed by atoms with van der Waals surface area (Å²) < 4.78 is 23.6. The van der Waals surface area contributed by atoms with Gasteiger partial charge < -0.3 is 14.8 Å². The lowest BCUT2D eigenvalue weighted by molar-refractivity contribution is 0.0477. The van der Waals surface area contributed by atoms with Crippen LogP contribution in [0.2, 0.25) is 0 Å². The second-order valence-corrected chi connectivity index (χ2v) is 7.52. The minimum absolute atomic E-state index is 0.0724. The Morgan fingerprint density at radius 3 is 2.29 bits per heavy atom. The molecule has 8 heteroatoms. The summed E-state index contributed by atoms with van der Waals surface area (Å²) in [7, 11) is 0. The molecule has 1 N–H and O–H groups in total. The van der Waals surface area contributed by atoms with E-state index in [4.69, 9.17) is 9.47 Å². The summed E-state index contributed by atoms with van der Waals surface area (Å²) in [4.78, 5) is 37.9. The van der Waals surface area contributed by atoms with Gasteiger partial charge in [0.2, 0.25) is 0 Å². The van der Waals surface area contributed by atoms with E-state index in [-0.39, 0.29) is 34.2 Å². The average molecular weight is 441 g/mol. The van der Waals surface area contributed by atoms with Crippen LogP contribution in [0.25, 0.3) is 0 Å². The molecule has 0 saturated carbocycles. The maximum absolute atomic E-state index is 13.1. The first-order valence-electron chi connectivity index (χ1n) is 9.49. The summed E-state index contributed by atoms with van der Waals surface area (Å²) >= 11 is 0.928. The first-order chi connectivity index (χ1) is 14.9. The number of halogens is 1. The maximum Gasteiger partial charge on any atom is 0.349 e. The molecule has 0 unspecified atom stereocenters. The molecule has 160 valence electrons. The van der Waals surface area contributed by atoms with E-state index in [1.165, 1.54) is 12.1 Å². The molecule has 0 aliphatic carbocycles. The third-order valence-electron chi connectivity index (χ3n) is 4.36. The standard InChI is InChI=1S/C23H20FNO5S/c1-3-29-22(27)18-14(2)19(23(28)30-13-15-7-5-4-6-8-15)31-21(18)25-20(26)16-9-11-17(24)12-10-16/h4-12H,3,13H2,1-2H3,(H,25,26). The molecular weight excluding hydrogens is 421 g/mol. The van der Waals surface area contributed by atoms with Crippen LogP contribution in [0.3, 0.4) is 0 Å². The fourth-order valence-electron chi connectivity index (χ4n) is 2.81. The summed E-state index contributed by atoms with van der Waals surface area (Å²) in [6, 6.07) is 14.1. The first kappa shape index (κ1) is 22.2. The van der Waals surface area contributed by atoms with Gasteiger partial charge in [0.25, 0.3) is 5.91 Å². The Kier molecular flexibility index (Phi) is 7.15. The van der Waals surface area contributed by atoms with Gasteiger partial charge in [-0.05, 0) is 49.2 Å². The van der Waals surface area contributed by atoms with Gasteiger partial charge in [-0.25, -0.2) is 14.0 Å². The Hall–Kier alpha value is -3.52. The van der Waals surface area contributed by atoms with E-state index in [2.05, 4.69) is 5.32 Å². The van der Waals surface area contributed by atoms with Crippen LogP contribution in [-0.4, -0.2) is 24.5 Å². The lowest BCUT2D eigenvalue weighted by Gasteiger charge is -2.07. The molecule has 0 spiro atoms. The van der Waals surface area contributed by atoms with Crippen LogP contribution in [-0.2, 0) is 16.1 Å². The third-order valence-corrected chi connectivity index (χ3v) is 5.55. The van der Waals surface area contributed by atoms with Gasteiger partial charge in [-0.15, -0.1) is 11.3 Å². The molecule has 0 aliphatic rings. The summed E-state index contributed by atoms with van der Waals surface area (Å²) in [5, 5.41) is 2.79. The number of anilines is 1. The van der Waals surface area contributed by atoms with Crippen LogP contribution in [0.1, 0.15) is 48.4 Å². The highest BCUT2D eigenvalue weighted by Gasteiger charge is 2.27. The fourth-order valence-corrected chi connectivity index (χ4v) is 3.89. The Morgan fingerprint density at radius 2 is 1.65 bits per heavy atom. The number of rotatable bonds is 7. The molecule has 1 amide bonds. The number of ether oxygens (including phenoxy) is 2. The topological polar surface area (TPSA) is 81.7 Å². The number of benzene rings is 2. The van der Waals surface area contributed by atoms with Gasteiger partial charge in [-0.2, -0.15) is 0 Å². The monoisotopic (exact) mass is 441 g/mol. The number of carbonyl (C=O) groups is 3. The van der Waals surface area contributed by atoms with E-state index in [9.17, 15) is 18.8 Å². The average Bonchev–Trinajstić information content (AvgIpc) is 3.09. The van der Waals surface area contributed by atoms with Gasteiger partial charge in [-0.1, -0.05) is 30.3 Å². The van der Waals surface area contributed by atoms with E-state index < -0.39 is 23.7 Å². The molecule has 1 aromatic heterocycles. The Bertz CT molecular complexity index is 1090. The first-order valence-corrected chi connectivity index (χ1v) is 10.3. The molecule has 0 fully saturated rings. The number of nitrogens with one attached hydrogen (secondary N) is 1. The van der Waals surface area contributed by atoms with E-state index in [0.29, 0.717) is 5.56 Å². The van der Waals surface area contributed by atoms with Gasteiger partial charge in [-0.3, -0.25) is 4.79 Å². The van der Waals surface area contributed by atoms with E-state index in [1.54, 1.807) is 13.8 Å². The molecule has 0 aliphatic heterocycles. The highest BCUT2D eigenvalue weighted by Crippen LogP contribution is 2.34. The van der Waals surface area contributed by atoms with Crippen molar-refractivity contribution < 1.29 is 28.2 Å². The number of carbonyl (C=O) groups excluding carboxylic acids is 3. The molecule has 0 radical (unpaired) electrons. The smallest absolute Gasteiger partial charge is 0.349 e. The SMILES string of the molecule is CCOC(=O)c1c(NC(=O)c2ccc(F)cc2)sc(C(=O)OCc2ccccc2)c1C. The van der Waals surface area contributed by atoms with Crippen LogP contribution < -0.4 is 5.32 Å². The van der Waals surface area contributed by atoms with Crippen LogP contribution in [0.5, 0.6) is 0 Å². The number of hydrogen-bond donors (Lipinski definition) is 1. The van der Waals surface area contributed by atoms with Crippen molar-refractivity contribution in [1.29, 1.82) is 0 Å². The largest absolute Gasteiger partial charge is 0.462 e. The highest BCUT2D eigenvalue weighted by molar-refractivity contribution is 7.18. The van der Waals surface area contributed by atoms with Crippen molar-refractivity contribution >= 4 is 34.2 Å². The second kappa shape index (κ2) is 9.99. The molecule has 2 aromatic carbocycles. The van der Waals surface area contributed by atoms with Gasteiger partial charge in [0.05, 0.1) is 12.2 Å². The van der Waals surface area contributed by atoms with Crippen molar-refractivity contribution in [3.63, 3.8) is 0 Å². The number of hydrogen-bond acceptors (Lipinski definition) is 6. The van der Waals surface area contributed by atoms with Crippen molar-refractivity contribution in [2.75, 3.05) is 11.9 Å². The molecule has 0 saturated heterocycles. The third kappa shape index (κ3) is 5.35. The van der Waals surface area contributed by atoms with Crippen molar-refractivity contribution in [1.82, 2.24) is 0 Å². The summed E-state index contributed by atoms with van der Waals surface area (Å²) in [6.45, 7) is 3.46. The molecule has 0 bridgehead atoms. The van der Waals surface area contributed by atoms with Crippen LogP contribution in [0.15, 0.2) is 54.6 Å².